The van der Waals surface area contributed by atoms with Crippen LogP contribution >= 0.6 is 0 Å². The molecule has 0 aromatic heterocycles. The van der Waals surface area contributed by atoms with Crippen molar-refractivity contribution in [3.63, 3.8) is 0 Å². The highest BCUT2D eigenvalue weighted by Gasteiger charge is 2.27. The number of hydrogen-bond acceptors (Lipinski definition) is 3. The summed E-state index contributed by atoms with van der Waals surface area (Å²) in [7, 11) is 0. The van der Waals surface area contributed by atoms with Crippen LogP contribution < -0.4 is 16.0 Å². The number of rotatable bonds is 6. The van der Waals surface area contributed by atoms with Gasteiger partial charge in [0.1, 0.15) is 17.7 Å². The first-order valence-electron chi connectivity index (χ1n) is 10.4. The van der Waals surface area contributed by atoms with Crippen molar-refractivity contribution in [2.45, 2.75) is 38.3 Å². The Morgan fingerprint density at radius 1 is 1.03 bits per heavy atom. The van der Waals surface area contributed by atoms with E-state index in [0.29, 0.717) is 25.9 Å². The number of likely N-dealkylation sites (tertiary alicyclic amines) is 1. The molecule has 1 heterocycles. The second-order valence-electron chi connectivity index (χ2n) is 7.76. The van der Waals surface area contributed by atoms with Crippen LogP contribution in [0.25, 0.3) is 0 Å². The first kappa shape index (κ1) is 23.2. The van der Waals surface area contributed by atoms with Gasteiger partial charge >= 0.3 is 6.03 Å². The number of nitrogens with zero attached hydrogens (tertiary/aromatic N) is 1. The third kappa shape index (κ3) is 6.50. The Labute approximate surface area is 185 Å². The molecule has 0 unspecified atom stereocenters. The summed E-state index contributed by atoms with van der Waals surface area (Å²) in [5.74, 6) is -1.56. The highest BCUT2D eigenvalue weighted by atomic mass is 19.1. The number of anilines is 1. The minimum atomic E-state index is -0.791. The molecule has 0 bridgehead atoms. The minimum absolute atomic E-state index is 0.117. The number of nitrogens with one attached hydrogen (secondary N) is 3. The summed E-state index contributed by atoms with van der Waals surface area (Å²) in [6.07, 6.45) is 1.29. The molecule has 1 fully saturated rings. The van der Waals surface area contributed by atoms with Crippen LogP contribution in [-0.2, 0) is 16.0 Å². The number of urea groups is 1. The molecule has 0 spiro atoms. The van der Waals surface area contributed by atoms with E-state index in [9.17, 15) is 23.2 Å². The van der Waals surface area contributed by atoms with Gasteiger partial charge < -0.3 is 20.9 Å². The molecule has 0 aliphatic carbocycles. The Balaban J connectivity index is 1.52. The standard InChI is InChI=1S/C23H26F2N4O3/c1-15(30)26-21(14-16-6-8-17(24)9-7-16)22(31)27-18-10-12-29(13-11-18)23(32)28-20-5-3-2-4-19(20)25/h2-9,18,21H,10-14H2,1H3,(H,26,30)(H,27,31)(H,28,32)/t21-/m0/s1. The van der Waals surface area contributed by atoms with E-state index in [4.69, 9.17) is 0 Å². The maximum atomic E-state index is 13.7. The van der Waals surface area contributed by atoms with Crippen LogP contribution in [0.1, 0.15) is 25.3 Å². The lowest BCUT2D eigenvalue weighted by atomic mass is 10.0. The number of para-hydroxylation sites is 1. The van der Waals surface area contributed by atoms with Crippen molar-refractivity contribution in [1.82, 2.24) is 15.5 Å². The first-order valence-corrected chi connectivity index (χ1v) is 10.4. The van der Waals surface area contributed by atoms with Crippen LogP contribution in [0, 0.1) is 11.6 Å². The van der Waals surface area contributed by atoms with E-state index in [1.165, 1.54) is 31.2 Å². The van der Waals surface area contributed by atoms with Crippen LogP contribution in [-0.4, -0.2) is 47.9 Å². The SMILES string of the molecule is CC(=O)N[C@@H](Cc1ccc(F)cc1)C(=O)NC1CCN(C(=O)Nc2ccccc2F)CC1. The van der Waals surface area contributed by atoms with Gasteiger partial charge in [0, 0.05) is 32.5 Å². The van der Waals surface area contributed by atoms with Gasteiger partial charge in [0.2, 0.25) is 11.8 Å². The fraction of sp³-hybridized carbons (Fsp3) is 0.348. The summed E-state index contributed by atoms with van der Waals surface area (Å²) in [6, 6.07) is 10.4. The summed E-state index contributed by atoms with van der Waals surface area (Å²) in [6.45, 7) is 2.12. The topological polar surface area (TPSA) is 90.5 Å². The van der Waals surface area contributed by atoms with Crippen molar-refractivity contribution in [2.75, 3.05) is 18.4 Å². The van der Waals surface area contributed by atoms with Crippen LogP contribution in [0.4, 0.5) is 19.3 Å². The average Bonchev–Trinajstić information content (AvgIpc) is 2.76. The predicted octanol–water partition coefficient (Wildman–Crippen LogP) is 2.82. The maximum absolute atomic E-state index is 13.7. The molecule has 2 aromatic rings. The Bertz CT molecular complexity index is 960. The summed E-state index contributed by atoms with van der Waals surface area (Å²) in [5, 5.41) is 8.12. The van der Waals surface area contributed by atoms with E-state index >= 15 is 0 Å². The fourth-order valence-corrected chi connectivity index (χ4v) is 3.60. The number of halogens is 2. The second kappa shape index (κ2) is 10.7. The fourth-order valence-electron chi connectivity index (χ4n) is 3.60. The highest BCUT2D eigenvalue weighted by Crippen LogP contribution is 2.16. The second-order valence-corrected chi connectivity index (χ2v) is 7.76. The largest absolute Gasteiger partial charge is 0.351 e. The predicted molar refractivity (Wildman–Crippen MR) is 116 cm³/mol. The number of carbonyl (C=O) groups is 3. The summed E-state index contributed by atoms with van der Waals surface area (Å²) in [4.78, 5) is 38.3. The van der Waals surface area contributed by atoms with Gasteiger partial charge in [-0.2, -0.15) is 0 Å². The molecule has 3 N–H and O–H groups in total. The molecule has 0 radical (unpaired) electrons. The number of hydrogen-bond donors (Lipinski definition) is 3. The van der Waals surface area contributed by atoms with Crippen molar-refractivity contribution in [1.29, 1.82) is 0 Å². The molecule has 4 amide bonds. The van der Waals surface area contributed by atoms with E-state index < -0.39 is 17.9 Å². The van der Waals surface area contributed by atoms with Gasteiger partial charge in [0.25, 0.3) is 0 Å². The van der Waals surface area contributed by atoms with Crippen molar-refractivity contribution >= 4 is 23.5 Å². The summed E-state index contributed by atoms with van der Waals surface area (Å²) < 4.78 is 26.9. The van der Waals surface area contributed by atoms with E-state index in [0.717, 1.165) is 5.56 Å². The zero-order valence-corrected chi connectivity index (χ0v) is 17.7. The lowest BCUT2D eigenvalue weighted by Crippen LogP contribution is -2.53. The summed E-state index contributed by atoms with van der Waals surface area (Å²) >= 11 is 0. The molecule has 9 heteroatoms. The van der Waals surface area contributed by atoms with Crippen LogP contribution in [0.3, 0.4) is 0 Å². The smallest absolute Gasteiger partial charge is 0.321 e. The summed E-state index contributed by atoms with van der Waals surface area (Å²) in [5.41, 5.74) is 0.840. The molecule has 1 aliphatic heterocycles. The van der Waals surface area contributed by atoms with Gasteiger partial charge in [-0.1, -0.05) is 24.3 Å². The molecule has 32 heavy (non-hydrogen) atoms. The number of benzene rings is 2. The minimum Gasteiger partial charge on any atom is -0.351 e. The molecular formula is C23H26F2N4O3. The third-order valence-corrected chi connectivity index (χ3v) is 5.29. The molecule has 170 valence electrons. The van der Waals surface area contributed by atoms with E-state index in [1.54, 1.807) is 29.2 Å². The van der Waals surface area contributed by atoms with Crippen molar-refractivity contribution < 1.29 is 23.2 Å². The van der Waals surface area contributed by atoms with Crippen LogP contribution in [0.15, 0.2) is 48.5 Å². The van der Waals surface area contributed by atoms with Crippen molar-refractivity contribution in [3.8, 4) is 0 Å². The zero-order chi connectivity index (χ0) is 23.1. The molecule has 0 saturated carbocycles. The molecule has 1 saturated heterocycles. The van der Waals surface area contributed by atoms with Gasteiger partial charge in [0.15, 0.2) is 0 Å². The highest BCUT2D eigenvalue weighted by molar-refractivity contribution is 5.89. The van der Waals surface area contributed by atoms with E-state index in [-0.39, 0.29) is 35.8 Å². The maximum Gasteiger partial charge on any atom is 0.321 e. The Hall–Kier alpha value is -3.49. The van der Waals surface area contributed by atoms with Gasteiger partial charge in [0.05, 0.1) is 5.69 Å². The Morgan fingerprint density at radius 2 is 1.69 bits per heavy atom. The molecule has 7 nitrogen and oxygen atoms in total. The Morgan fingerprint density at radius 3 is 2.31 bits per heavy atom. The number of amides is 4. The molecule has 3 rings (SSSR count). The molecular weight excluding hydrogens is 418 g/mol. The Kier molecular flexibility index (Phi) is 7.75. The van der Waals surface area contributed by atoms with Crippen molar-refractivity contribution in [2.24, 2.45) is 0 Å². The quantitative estimate of drug-likeness (QED) is 0.640. The monoisotopic (exact) mass is 444 g/mol. The van der Waals surface area contributed by atoms with Gasteiger partial charge in [-0.25, -0.2) is 13.6 Å². The van der Waals surface area contributed by atoms with Crippen LogP contribution in [0.2, 0.25) is 0 Å². The van der Waals surface area contributed by atoms with E-state index in [1.807, 2.05) is 0 Å². The molecule has 2 aromatic carbocycles. The average molecular weight is 444 g/mol. The van der Waals surface area contributed by atoms with Gasteiger partial charge in [-0.3, -0.25) is 9.59 Å². The van der Waals surface area contributed by atoms with Gasteiger partial charge in [-0.05, 0) is 42.7 Å². The lowest BCUT2D eigenvalue weighted by Gasteiger charge is -2.33. The van der Waals surface area contributed by atoms with Gasteiger partial charge in [-0.15, -0.1) is 0 Å². The van der Waals surface area contributed by atoms with Crippen LogP contribution in [0.5, 0.6) is 0 Å². The van der Waals surface area contributed by atoms with E-state index in [2.05, 4.69) is 16.0 Å². The molecule has 1 aliphatic rings. The zero-order valence-electron chi connectivity index (χ0n) is 17.7. The number of piperidine rings is 1. The third-order valence-electron chi connectivity index (χ3n) is 5.29. The lowest BCUT2D eigenvalue weighted by molar-refractivity contribution is -0.128. The van der Waals surface area contributed by atoms with Crippen molar-refractivity contribution in [3.05, 3.63) is 65.7 Å². The normalized spacial score (nSPS) is 15.0. The first-order chi connectivity index (χ1) is 15.3. The number of carbonyl (C=O) groups excluding carboxylic acids is 3. The molecule has 1 atom stereocenters.